The van der Waals surface area contributed by atoms with E-state index >= 15 is 0 Å². The Labute approximate surface area is 121 Å². The van der Waals surface area contributed by atoms with Crippen LogP contribution in [0.1, 0.15) is 45.5 Å². The average Bonchev–Trinajstić information content (AvgIpc) is 2.63. The van der Waals surface area contributed by atoms with E-state index in [1.54, 1.807) is 0 Å². The van der Waals surface area contributed by atoms with E-state index in [1.165, 1.54) is 0 Å². The molecule has 1 rings (SSSR count). The Balaban J connectivity index is 0.00000324. The summed E-state index contributed by atoms with van der Waals surface area (Å²) in [5.74, 6) is 1.18. The minimum Gasteiger partial charge on any atom is -0.371 e. The summed E-state index contributed by atoms with van der Waals surface area (Å²) in [5, 5.41) is 3.92. The number of aromatic nitrogens is 2. The fourth-order valence-corrected chi connectivity index (χ4v) is 1.80. The first-order valence-electron chi connectivity index (χ1n) is 6.23. The Hall–Kier alpha value is -0.690. The van der Waals surface area contributed by atoms with E-state index in [0.29, 0.717) is 24.9 Å². The van der Waals surface area contributed by atoms with E-state index in [9.17, 15) is 0 Å². The third-order valence-electron chi connectivity index (χ3n) is 2.35. The SMILES string of the molecule is CCOC(C)c1noc(CN(C)CC(C)(C)N)n1.Cl. The van der Waals surface area contributed by atoms with Gasteiger partial charge in [0.15, 0.2) is 5.82 Å². The molecule has 1 aromatic heterocycles. The van der Waals surface area contributed by atoms with Gasteiger partial charge in [-0.15, -0.1) is 12.4 Å². The number of rotatable bonds is 7. The van der Waals surface area contributed by atoms with Crippen molar-refractivity contribution in [3.8, 4) is 0 Å². The van der Waals surface area contributed by atoms with Crippen molar-refractivity contribution in [2.45, 2.75) is 45.9 Å². The fourth-order valence-electron chi connectivity index (χ4n) is 1.80. The number of nitrogens with two attached hydrogens (primary N) is 1. The van der Waals surface area contributed by atoms with Gasteiger partial charge in [-0.25, -0.2) is 0 Å². The minimum atomic E-state index is -0.240. The van der Waals surface area contributed by atoms with Crippen LogP contribution >= 0.6 is 12.4 Å². The van der Waals surface area contributed by atoms with Gasteiger partial charge in [-0.3, -0.25) is 4.90 Å². The van der Waals surface area contributed by atoms with Gasteiger partial charge in [0.05, 0.1) is 6.54 Å². The van der Waals surface area contributed by atoms with Crippen molar-refractivity contribution in [3.63, 3.8) is 0 Å². The molecule has 0 aromatic carbocycles. The smallest absolute Gasteiger partial charge is 0.240 e. The van der Waals surface area contributed by atoms with E-state index in [-0.39, 0.29) is 24.0 Å². The van der Waals surface area contributed by atoms with E-state index in [0.717, 1.165) is 6.54 Å². The van der Waals surface area contributed by atoms with Gasteiger partial charge in [0.25, 0.3) is 0 Å². The first-order valence-corrected chi connectivity index (χ1v) is 6.23. The quantitative estimate of drug-likeness (QED) is 0.825. The molecular formula is C12H25ClN4O2. The summed E-state index contributed by atoms with van der Waals surface area (Å²) in [6.07, 6.45) is -0.135. The zero-order valence-corrected chi connectivity index (χ0v) is 13.2. The summed E-state index contributed by atoms with van der Waals surface area (Å²) in [7, 11) is 1.98. The van der Waals surface area contributed by atoms with Gasteiger partial charge in [0, 0.05) is 18.7 Å². The molecule has 0 spiro atoms. The summed E-state index contributed by atoms with van der Waals surface area (Å²) >= 11 is 0. The van der Waals surface area contributed by atoms with Crippen molar-refractivity contribution in [1.82, 2.24) is 15.0 Å². The number of halogens is 1. The van der Waals surface area contributed by atoms with E-state index in [2.05, 4.69) is 15.0 Å². The molecule has 0 aliphatic rings. The molecule has 7 heteroatoms. The molecule has 1 atom stereocenters. The third kappa shape index (κ3) is 6.87. The molecule has 0 saturated carbocycles. The first kappa shape index (κ1) is 18.3. The molecule has 1 aromatic rings. The van der Waals surface area contributed by atoms with E-state index < -0.39 is 0 Å². The maximum absolute atomic E-state index is 5.95. The Morgan fingerprint density at radius 2 is 2.11 bits per heavy atom. The Kier molecular flexibility index (Phi) is 7.51. The maximum Gasteiger partial charge on any atom is 0.240 e. The summed E-state index contributed by atoms with van der Waals surface area (Å²) in [6, 6.07) is 0. The largest absolute Gasteiger partial charge is 0.371 e. The summed E-state index contributed by atoms with van der Waals surface area (Å²) in [6.45, 7) is 9.80. The lowest BCUT2D eigenvalue weighted by Gasteiger charge is -2.25. The van der Waals surface area contributed by atoms with Gasteiger partial charge in [0.1, 0.15) is 6.10 Å². The molecule has 0 aliphatic carbocycles. The van der Waals surface area contributed by atoms with Crippen LogP contribution in [-0.4, -0.2) is 40.8 Å². The standard InChI is InChI=1S/C12H24N4O2.ClH/c1-6-17-9(2)11-14-10(18-15-11)7-16(5)8-12(3,4)13;/h9H,6-8,13H2,1-5H3;1H. The molecule has 6 nitrogen and oxygen atoms in total. The number of nitrogens with zero attached hydrogens (tertiary/aromatic N) is 3. The van der Waals surface area contributed by atoms with Gasteiger partial charge >= 0.3 is 0 Å². The third-order valence-corrected chi connectivity index (χ3v) is 2.35. The van der Waals surface area contributed by atoms with Gasteiger partial charge in [0.2, 0.25) is 5.89 Å². The van der Waals surface area contributed by atoms with Crippen molar-refractivity contribution < 1.29 is 9.26 Å². The molecule has 0 radical (unpaired) electrons. The molecule has 0 bridgehead atoms. The predicted octanol–water partition coefficient (Wildman–Crippen LogP) is 1.76. The highest BCUT2D eigenvalue weighted by molar-refractivity contribution is 5.85. The lowest BCUT2D eigenvalue weighted by molar-refractivity contribution is 0.0683. The second-order valence-corrected chi connectivity index (χ2v) is 5.30. The lowest BCUT2D eigenvalue weighted by Crippen LogP contribution is -2.43. The molecule has 1 heterocycles. The molecule has 0 saturated heterocycles. The van der Waals surface area contributed by atoms with Crippen LogP contribution in [0.5, 0.6) is 0 Å². The number of hydrogen-bond donors (Lipinski definition) is 1. The Morgan fingerprint density at radius 3 is 2.63 bits per heavy atom. The normalized spacial score (nSPS) is 13.4. The minimum absolute atomic E-state index is 0. The van der Waals surface area contributed by atoms with Crippen molar-refractivity contribution >= 4 is 12.4 Å². The Morgan fingerprint density at radius 1 is 1.47 bits per heavy atom. The molecule has 19 heavy (non-hydrogen) atoms. The highest BCUT2D eigenvalue weighted by Crippen LogP contribution is 2.13. The van der Waals surface area contributed by atoms with Crippen LogP contribution in [0.3, 0.4) is 0 Å². The monoisotopic (exact) mass is 292 g/mol. The van der Waals surface area contributed by atoms with Gasteiger partial charge in [-0.05, 0) is 34.7 Å². The van der Waals surface area contributed by atoms with Crippen LogP contribution in [-0.2, 0) is 11.3 Å². The van der Waals surface area contributed by atoms with Crippen LogP contribution in [0.25, 0.3) is 0 Å². The Bertz CT molecular complexity index is 365. The molecule has 2 N–H and O–H groups in total. The average molecular weight is 293 g/mol. The van der Waals surface area contributed by atoms with Crippen molar-refractivity contribution in [2.75, 3.05) is 20.2 Å². The number of hydrogen-bond acceptors (Lipinski definition) is 6. The lowest BCUT2D eigenvalue weighted by atomic mass is 10.1. The van der Waals surface area contributed by atoms with Crippen LogP contribution < -0.4 is 5.73 Å². The van der Waals surface area contributed by atoms with Gasteiger partial charge in [-0.1, -0.05) is 5.16 Å². The summed E-state index contributed by atoms with van der Waals surface area (Å²) < 4.78 is 10.6. The summed E-state index contributed by atoms with van der Waals surface area (Å²) in [4.78, 5) is 6.37. The fraction of sp³-hybridized carbons (Fsp3) is 0.833. The second kappa shape index (κ2) is 7.79. The van der Waals surface area contributed by atoms with Crippen LogP contribution in [0, 0.1) is 0 Å². The summed E-state index contributed by atoms with van der Waals surface area (Å²) in [5.41, 5.74) is 5.71. The number of likely N-dealkylation sites (N-methyl/N-ethyl adjacent to an activating group) is 1. The van der Waals surface area contributed by atoms with Gasteiger partial charge in [-0.2, -0.15) is 4.98 Å². The van der Waals surface area contributed by atoms with Crippen LogP contribution in [0.4, 0.5) is 0 Å². The highest BCUT2D eigenvalue weighted by Gasteiger charge is 2.18. The maximum atomic E-state index is 5.95. The van der Waals surface area contributed by atoms with Crippen LogP contribution in [0.2, 0.25) is 0 Å². The van der Waals surface area contributed by atoms with Crippen molar-refractivity contribution in [3.05, 3.63) is 11.7 Å². The van der Waals surface area contributed by atoms with E-state index in [4.69, 9.17) is 15.0 Å². The first-order chi connectivity index (χ1) is 8.31. The molecule has 112 valence electrons. The molecule has 0 fully saturated rings. The zero-order valence-electron chi connectivity index (χ0n) is 12.3. The molecular weight excluding hydrogens is 268 g/mol. The molecule has 1 unspecified atom stereocenters. The van der Waals surface area contributed by atoms with Crippen LogP contribution in [0.15, 0.2) is 4.52 Å². The highest BCUT2D eigenvalue weighted by atomic mass is 35.5. The molecule has 0 amide bonds. The van der Waals surface area contributed by atoms with E-state index in [1.807, 2.05) is 34.7 Å². The van der Waals surface area contributed by atoms with Crippen molar-refractivity contribution in [2.24, 2.45) is 5.73 Å². The predicted molar refractivity (Wildman–Crippen MR) is 76.2 cm³/mol. The topological polar surface area (TPSA) is 77.4 Å². The molecule has 0 aliphatic heterocycles. The van der Waals surface area contributed by atoms with Gasteiger partial charge < -0.3 is 15.0 Å². The zero-order chi connectivity index (χ0) is 13.8. The van der Waals surface area contributed by atoms with Crippen molar-refractivity contribution in [1.29, 1.82) is 0 Å². The number of ether oxygens (including phenoxy) is 1. The second-order valence-electron chi connectivity index (χ2n) is 5.30.